The van der Waals surface area contributed by atoms with Crippen LogP contribution in [0.15, 0.2) is 17.9 Å². The van der Waals surface area contributed by atoms with Gasteiger partial charge in [-0.25, -0.2) is 15.0 Å². The Kier molecular flexibility index (Phi) is 3.68. The fourth-order valence-electron chi connectivity index (χ4n) is 2.51. The Morgan fingerprint density at radius 3 is 3.05 bits per heavy atom. The molecule has 0 radical (unpaired) electrons. The van der Waals surface area contributed by atoms with Crippen LogP contribution in [0, 0.1) is 5.92 Å². The molecule has 0 spiro atoms. The topological polar surface area (TPSA) is 80.0 Å². The summed E-state index contributed by atoms with van der Waals surface area (Å²) in [6, 6.07) is 0. The Morgan fingerprint density at radius 1 is 1.40 bits per heavy atom. The number of nitrogen functional groups attached to an aromatic ring is 1. The van der Waals surface area contributed by atoms with Gasteiger partial charge in [-0.3, -0.25) is 0 Å². The highest BCUT2D eigenvalue weighted by Gasteiger charge is 2.21. The van der Waals surface area contributed by atoms with Crippen LogP contribution in [0.4, 0.5) is 22.5 Å². The van der Waals surface area contributed by atoms with Gasteiger partial charge in [0.2, 0.25) is 0 Å². The molecule has 1 aliphatic rings. The number of aromatic nitrogens is 3. The highest BCUT2D eigenvalue weighted by molar-refractivity contribution is 7.13. The maximum atomic E-state index is 6.22. The summed E-state index contributed by atoms with van der Waals surface area (Å²) in [5.74, 6) is 2.13. The molecule has 1 saturated heterocycles. The second-order valence-electron chi connectivity index (χ2n) is 5.12. The molecule has 7 heteroatoms. The molecule has 106 valence electrons. The summed E-state index contributed by atoms with van der Waals surface area (Å²) in [6.45, 7) is 4.26. The van der Waals surface area contributed by atoms with Crippen LogP contribution in [-0.2, 0) is 0 Å². The summed E-state index contributed by atoms with van der Waals surface area (Å²) in [4.78, 5) is 15.0. The molecule has 1 atom stereocenters. The highest BCUT2D eigenvalue weighted by Crippen LogP contribution is 2.31. The minimum atomic E-state index is 0.594. The minimum Gasteiger partial charge on any atom is -0.393 e. The van der Waals surface area contributed by atoms with Gasteiger partial charge in [0.05, 0.1) is 0 Å². The van der Waals surface area contributed by atoms with Crippen molar-refractivity contribution in [2.45, 2.75) is 19.8 Å². The van der Waals surface area contributed by atoms with Gasteiger partial charge in [0.15, 0.2) is 16.8 Å². The Bertz CT molecular complexity index is 570. The second kappa shape index (κ2) is 5.62. The Balaban J connectivity index is 1.85. The maximum absolute atomic E-state index is 6.22. The lowest BCUT2D eigenvalue weighted by molar-refractivity contribution is 0.445. The standard InChI is InChI=1S/C13H18N6S/c1-9-3-2-5-19(7-9)12-10(14)11(16-8-17-12)18-13-15-4-6-20-13/h4,6,8-9H,2-3,5,7,14H2,1H3,(H,15,16,17,18). The third kappa shape index (κ3) is 2.67. The van der Waals surface area contributed by atoms with E-state index in [-0.39, 0.29) is 0 Å². The largest absolute Gasteiger partial charge is 0.393 e. The van der Waals surface area contributed by atoms with Gasteiger partial charge in [0, 0.05) is 24.7 Å². The van der Waals surface area contributed by atoms with E-state index in [1.807, 2.05) is 5.38 Å². The van der Waals surface area contributed by atoms with E-state index in [0.29, 0.717) is 17.4 Å². The van der Waals surface area contributed by atoms with Crippen LogP contribution in [-0.4, -0.2) is 28.0 Å². The first kappa shape index (κ1) is 13.1. The third-order valence-electron chi connectivity index (χ3n) is 3.48. The van der Waals surface area contributed by atoms with E-state index in [0.717, 1.165) is 24.0 Å². The summed E-state index contributed by atoms with van der Waals surface area (Å²) in [6.07, 6.45) is 5.75. The molecule has 0 amide bonds. The van der Waals surface area contributed by atoms with Crippen molar-refractivity contribution >= 4 is 33.8 Å². The molecule has 2 aromatic rings. The zero-order valence-corrected chi connectivity index (χ0v) is 12.2. The van der Waals surface area contributed by atoms with Crippen molar-refractivity contribution in [3.05, 3.63) is 17.9 Å². The van der Waals surface area contributed by atoms with Crippen LogP contribution in [0.25, 0.3) is 0 Å². The molecule has 3 rings (SSSR count). The van der Waals surface area contributed by atoms with E-state index >= 15 is 0 Å². The third-order valence-corrected chi connectivity index (χ3v) is 4.17. The lowest BCUT2D eigenvalue weighted by Gasteiger charge is -2.32. The van der Waals surface area contributed by atoms with Gasteiger partial charge in [-0.2, -0.15) is 0 Å². The Hall–Kier alpha value is -1.89. The van der Waals surface area contributed by atoms with Gasteiger partial charge in [0.25, 0.3) is 0 Å². The van der Waals surface area contributed by atoms with Gasteiger partial charge in [0.1, 0.15) is 12.0 Å². The van der Waals surface area contributed by atoms with Crippen LogP contribution >= 0.6 is 11.3 Å². The molecular weight excluding hydrogens is 272 g/mol. The molecule has 3 N–H and O–H groups in total. The Labute approximate surface area is 122 Å². The van der Waals surface area contributed by atoms with E-state index in [2.05, 4.69) is 32.1 Å². The van der Waals surface area contributed by atoms with Crippen LogP contribution in [0.3, 0.4) is 0 Å². The molecule has 0 aliphatic carbocycles. The van der Waals surface area contributed by atoms with Crippen LogP contribution in [0.2, 0.25) is 0 Å². The average Bonchev–Trinajstić information content (AvgIpc) is 2.94. The zero-order valence-electron chi connectivity index (χ0n) is 11.4. The summed E-state index contributed by atoms with van der Waals surface area (Å²) in [5, 5.41) is 5.84. The molecule has 1 fully saturated rings. The van der Waals surface area contributed by atoms with E-state index in [1.54, 1.807) is 12.5 Å². The molecule has 0 bridgehead atoms. The number of anilines is 4. The number of nitrogens with one attached hydrogen (secondary N) is 1. The van der Waals surface area contributed by atoms with Crippen molar-refractivity contribution in [2.75, 3.05) is 29.0 Å². The molecule has 0 aromatic carbocycles. The van der Waals surface area contributed by atoms with Gasteiger partial charge in [-0.05, 0) is 18.8 Å². The summed E-state index contributed by atoms with van der Waals surface area (Å²) in [5.41, 5.74) is 6.82. The van der Waals surface area contributed by atoms with Crippen molar-refractivity contribution in [1.29, 1.82) is 0 Å². The first-order valence-electron chi connectivity index (χ1n) is 6.76. The fourth-order valence-corrected chi connectivity index (χ4v) is 3.03. The van der Waals surface area contributed by atoms with Crippen molar-refractivity contribution in [3.63, 3.8) is 0 Å². The normalized spacial score (nSPS) is 19.1. The molecule has 0 saturated carbocycles. The number of rotatable bonds is 3. The predicted octanol–water partition coefficient (Wildman–Crippen LogP) is 2.50. The highest BCUT2D eigenvalue weighted by atomic mass is 32.1. The molecule has 1 unspecified atom stereocenters. The maximum Gasteiger partial charge on any atom is 0.188 e. The summed E-state index contributed by atoms with van der Waals surface area (Å²) >= 11 is 1.52. The first-order chi connectivity index (χ1) is 9.74. The quantitative estimate of drug-likeness (QED) is 0.904. The van der Waals surface area contributed by atoms with Gasteiger partial charge >= 0.3 is 0 Å². The number of thiazole rings is 1. The van der Waals surface area contributed by atoms with Crippen molar-refractivity contribution in [2.24, 2.45) is 5.92 Å². The van der Waals surface area contributed by atoms with E-state index in [1.165, 1.54) is 24.2 Å². The summed E-state index contributed by atoms with van der Waals surface area (Å²) < 4.78 is 0. The lowest BCUT2D eigenvalue weighted by Crippen LogP contribution is -2.35. The van der Waals surface area contributed by atoms with Crippen molar-refractivity contribution < 1.29 is 0 Å². The summed E-state index contributed by atoms with van der Waals surface area (Å²) in [7, 11) is 0. The molecule has 2 aromatic heterocycles. The van der Waals surface area contributed by atoms with Crippen LogP contribution < -0.4 is 16.0 Å². The van der Waals surface area contributed by atoms with E-state index in [9.17, 15) is 0 Å². The Morgan fingerprint density at radius 2 is 2.30 bits per heavy atom. The minimum absolute atomic E-state index is 0.594. The van der Waals surface area contributed by atoms with Crippen LogP contribution in [0.1, 0.15) is 19.8 Å². The van der Waals surface area contributed by atoms with Gasteiger partial charge in [-0.15, -0.1) is 11.3 Å². The van der Waals surface area contributed by atoms with Gasteiger partial charge < -0.3 is 16.0 Å². The van der Waals surface area contributed by atoms with Crippen molar-refractivity contribution in [1.82, 2.24) is 15.0 Å². The fraction of sp³-hybridized carbons (Fsp3) is 0.462. The number of nitrogens with two attached hydrogens (primary N) is 1. The smallest absolute Gasteiger partial charge is 0.188 e. The lowest BCUT2D eigenvalue weighted by atomic mass is 10.0. The van der Waals surface area contributed by atoms with E-state index < -0.39 is 0 Å². The molecule has 6 nitrogen and oxygen atoms in total. The molecular formula is C13H18N6S. The van der Waals surface area contributed by atoms with Crippen molar-refractivity contribution in [3.8, 4) is 0 Å². The zero-order chi connectivity index (χ0) is 13.9. The number of hydrogen-bond acceptors (Lipinski definition) is 7. The van der Waals surface area contributed by atoms with E-state index in [4.69, 9.17) is 5.73 Å². The molecule has 1 aliphatic heterocycles. The average molecular weight is 290 g/mol. The predicted molar refractivity (Wildman–Crippen MR) is 82.5 cm³/mol. The number of nitrogens with zero attached hydrogens (tertiary/aromatic N) is 4. The monoisotopic (exact) mass is 290 g/mol. The SMILES string of the molecule is CC1CCCN(c2ncnc(Nc3nccs3)c2N)C1. The number of hydrogen-bond donors (Lipinski definition) is 2. The first-order valence-corrected chi connectivity index (χ1v) is 7.64. The molecule has 3 heterocycles. The van der Waals surface area contributed by atoms with Crippen LogP contribution in [0.5, 0.6) is 0 Å². The number of piperidine rings is 1. The molecule has 20 heavy (non-hydrogen) atoms. The van der Waals surface area contributed by atoms with Gasteiger partial charge in [-0.1, -0.05) is 6.92 Å². The second-order valence-corrected chi connectivity index (χ2v) is 6.01.